The highest BCUT2D eigenvalue weighted by Gasteiger charge is 2.42. The number of hydrogen-bond donors (Lipinski definition) is 2. The van der Waals surface area contributed by atoms with E-state index >= 15 is 0 Å². The molecule has 4 bridgehead atoms. The first-order valence-electron chi connectivity index (χ1n) is 13.7. The Labute approximate surface area is 232 Å². The monoisotopic (exact) mass is 557 g/mol. The number of carbonyl (C=O) groups excluding carboxylic acids is 2. The van der Waals surface area contributed by atoms with Crippen LogP contribution in [0.4, 0.5) is 14.7 Å². The highest BCUT2D eigenvalue weighted by molar-refractivity contribution is 5.98. The van der Waals surface area contributed by atoms with Crippen LogP contribution in [0.1, 0.15) is 53.1 Å². The largest absolute Gasteiger partial charge is 0.434 e. The Morgan fingerprint density at radius 3 is 2.66 bits per heavy atom. The van der Waals surface area contributed by atoms with E-state index in [2.05, 4.69) is 25.5 Å². The van der Waals surface area contributed by atoms with Gasteiger partial charge in [-0.25, -0.2) is 15.0 Å². The molecule has 2 aromatic carbocycles. The van der Waals surface area contributed by atoms with Crippen molar-refractivity contribution in [2.24, 2.45) is 5.92 Å². The number of amides is 2. The van der Waals surface area contributed by atoms with Gasteiger partial charge in [-0.2, -0.15) is 8.78 Å². The summed E-state index contributed by atoms with van der Waals surface area (Å²) in [5.41, 5.74) is 3.99. The van der Waals surface area contributed by atoms with Crippen molar-refractivity contribution in [2.45, 2.75) is 44.0 Å². The molecule has 3 fully saturated rings. The predicted molar refractivity (Wildman–Crippen MR) is 144 cm³/mol. The zero-order valence-corrected chi connectivity index (χ0v) is 21.8. The molecule has 5 aliphatic heterocycles. The van der Waals surface area contributed by atoms with Crippen molar-refractivity contribution in [1.29, 1.82) is 0 Å². The smallest absolute Gasteiger partial charge is 0.387 e. The van der Waals surface area contributed by atoms with Gasteiger partial charge in [0.2, 0.25) is 11.9 Å². The maximum atomic E-state index is 13.3. The first-order valence-corrected chi connectivity index (χ1v) is 13.7. The summed E-state index contributed by atoms with van der Waals surface area (Å²) in [6, 6.07) is 9.85. The van der Waals surface area contributed by atoms with Crippen molar-refractivity contribution in [3.05, 3.63) is 65.7 Å². The normalized spacial score (nSPS) is 24.5. The third kappa shape index (κ3) is 3.84. The second kappa shape index (κ2) is 8.95. The molecular formula is C29H25F2N7O3. The van der Waals surface area contributed by atoms with E-state index in [-0.39, 0.29) is 35.6 Å². The molecule has 208 valence electrons. The van der Waals surface area contributed by atoms with Crippen molar-refractivity contribution in [1.82, 2.24) is 30.2 Å². The molecule has 0 spiro atoms. The average Bonchev–Trinajstić information content (AvgIpc) is 3.28. The van der Waals surface area contributed by atoms with Crippen molar-refractivity contribution >= 4 is 28.8 Å². The van der Waals surface area contributed by atoms with Crippen molar-refractivity contribution in [3.8, 4) is 16.9 Å². The topological polar surface area (TPSA) is 114 Å². The molecule has 7 heterocycles. The minimum absolute atomic E-state index is 0.00741. The van der Waals surface area contributed by atoms with Crippen molar-refractivity contribution in [2.75, 3.05) is 18.0 Å². The van der Waals surface area contributed by atoms with E-state index in [1.807, 2.05) is 22.8 Å². The number of benzene rings is 2. The summed E-state index contributed by atoms with van der Waals surface area (Å²) in [6.07, 6.45) is 5.89. The number of rotatable bonds is 4. The number of fused-ring (bicyclic) bond motifs is 13. The van der Waals surface area contributed by atoms with E-state index < -0.39 is 12.7 Å². The quantitative estimate of drug-likeness (QED) is 0.394. The van der Waals surface area contributed by atoms with Gasteiger partial charge in [0.25, 0.3) is 5.91 Å². The Hall–Kier alpha value is -4.61. The van der Waals surface area contributed by atoms with E-state index in [0.717, 1.165) is 35.0 Å². The lowest BCUT2D eigenvalue weighted by Gasteiger charge is -2.22. The number of carbonyl (C=O) groups is 2. The van der Waals surface area contributed by atoms with Gasteiger partial charge >= 0.3 is 6.61 Å². The molecule has 41 heavy (non-hydrogen) atoms. The van der Waals surface area contributed by atoms with Gasteiger partial charge in [-0.15, -0.1) is 0 Å². The lowest BCUT2D eigenvalue weighted by atomic mass is 9.96. The highest BCUT2D eigenvalue weighted by atomic mass is 19.3. The van der Waals surface area contributed by atoms with E-state index in [0.29, 0.717) is 42.4 Å². The highest BCUT2D eigenvalue weighted by Crippen LogP contribution is 2.47. The molecule has 0 radical (unpaired) electrons. The summed E-state index contributed by atoms with van der Waals surface area (Å²) in [5.74, 6) is 0.995. The summed E-state index contributed by atoms with van der Waals surface area (Å²) in [7, 11) is 0. The fourth-order valence-corrected chi connectivity index (χ4v) is 6.83. The Balaban J connectivity index is 1.16. The number of aromatic nitrogens is 4. The lowest BCUT2D eigenvalue weighted by molar-refractivity contribution is -0.126. The van der Waals surface area contributed by atoms with E-state index in [1.165, 1.54) is 6.07 Å². The molecule has 2 N–H and O–H groups in total. The van der Waals surface area contributed by atoms with Crippen LogP contribution in [-0.4, -0.2) is 57.1 Å². The zero-order valence-electron chi connectivity index (χ0n) is 21.8. The number of piperidine rings is 1. The number of anilines is 1. The van der Waals surface area contributed by atoms with Crippen LogP contribution in [0.15, 0.2) is 48.8 Å². The number of ether oxygens (including phenoxy) is 1. The van der Waals surface area contributed by atoms with E-state index in [4.69, 9.17) is 9.72 Å². The molecule has 3 saturated heterocycles. The maximum Gasteiger partial charge on any atom is 0.387 e. The molecule has 4 aromatic rings. The van der Waals surface area contributed by atoms with Gasteiger partial charge in [-0.05, 0) is 49.1 Å². The number of alkyl halides is 2. The van der Waals surface area contributed by atoms with Crippen LogP contribution >= 0.6 is 0 Å². The van der Waals surface area contributed by atoms with Gasteiger partial charge < -0.3 is 24.8 Å². The number of imidazole rings is 1. The molecular weight excluding hydrogens is 532 g/mol. The maximum absolute atomic E-state index is 13.3. The standard InChI is InChI=1S/C29H25F2N7O3/c30-28(31)41-23-3-1-2-18-24(23)22-9-20(36-27(18)40)25-35-19-7-5-14(8-21(19)38(22)25)16-10-32-29(33-11-16)37-12-15-4-6-17(13-37)34-26(15)39/h1-3,5,7-8,10-11,15,17,20,22,28H,4,6,9,12-13H2,(H,34,39)(H,36,40)/t15-,17+,20+,22+/m0/s1. The van der Waals surface area contributed by atoms with Gasteiger partial charge in [-0.3, -0.25) is 9.59 Å². The minimum atomic E-state index is -3.01. The van der Waals surface area contributed by atoms with Crippen LogP contribution < -0.4 is 20.3 Å². The fourth-order valence-electron chi connectivity index (χ4n) is 6.83. The van der Waals surface area contributed by atoms with E-state index in [1.54, 1.807) is 24.5 Å². The summed E-state index contributed by atoms with van der Waals surface area (Å²) in [5, 5.41) is 6.09. The third-order valence-corrected chi connectivity index (χ3v) is 8.68. The Bertz CT molecular complexity index is 1720. The van der Waals surface area contributed by atoms with Crippen molar-refractivity contribution in [3.63, 3.8) is 0 Å². The van der Waals surface area contributed by atoms with Gasteiger partial charge in [0.15, 0.2) is 0 Å². The third-order valence-electron chi connectivity index (χ3n) is 8.68. The summed E-state index contributed by atoms with van der Waals surface area (Å²) in [4.78, 5) is 41.4. The molecule has 12 heteroatoms. The molecule has 4 atom stereocenters. The number of hydrogen-bond acceptors (Lipinski definition) is 7. The average molecular weight is 558 g/mol. The molecule has 2 aromatic heterocycles. The van der Waals surface area contributed by atoms with Crippen molar-refractivity contribution < 1.29 is 23.1 Å². The molecule has 9 rings (SSSR count). The number of nitrogens with zero attached hydrogens (tertiary/aromatic N) is 5. The molecule has 2 amide bonds. The minimum Gasteiger partial charge on any atom is -0.434 e. The van der Waals surface area contributed by atoms with Gasteiger partial charge in [0.1, 0.15) is 11.6 Å². The van der Waals surface area contributed by atoms with Crippen LogP contribution in [-0.2, 0) is 4.79 Å². The second-order valence-corrected chi connectivity index (χ2v) is 11.1. The SMILES string of the molecule is O=C1N[C@@H]2C[C@H](c3c(OC(F)F)cccc31)n1c2nc2ccc(-c3cnc(N4C[C@H]5CC[C@@H](C4)C(=O)N5)nc3)cc21. The van der Waals surface area contributed by atoms with Gasteiger partial charge in [0, 0.05) is 48.2 Å². The summed E-state index contributed by atoms with van der Waals surface area (Å²) < 4.78 is 33.5. The zero-order chi connectivity index (χ0) is 27.8. The first kappa shape index (κ1) is 24.2. The van der Waals surface area contributed by atoms with Gasteiger partial charge in [-0.1, -0.05) is 12.1 Å². The van der Waals surface area contributed by atoms with Crippen LogP contribution in [0.3, 0.4) is 0 Å². The Morgan fingerprint density at radius 2 is 1.85 bits per heavy atom. The van der Waals surface area contributed by atoms with E-state index in [9.17, 15) is 18.4 Å². The first-order chi connectivity index (χ1) is 19.9. The molecule has 5 aliphatic rings. The van der Waals surface area contributed by atoms with Crippen LogP contribution in [0.2, 0.25) is 0 Å². The summed E-state index contributed by atoms with van der Waals surface area (Å²) in [6.45, 7) is -1.72. The number of halogens is 2. The fraction of sp³-hybridized carbons (Fsp3) is 0.345. The Morgan fingerprint density at radius 1 is 1.00 bits per heavy atom. The molecule has 0 aliphatic carbocycles. The summed E-state index contributed by atoms with van der Waals surface area (Å²) >= 11 is 0. The van der Waals surface area contributed by atoms with Crippen LogP contribution in [0, 0.1) is 5.92 Å². The van der Waals surface area contributed by atoms with Crippen LogP contribution in [0.25, 0.3) is 22.2 Å². The van der Waals surface area contributed by atoms with Gasteiger partial charge in [0.05, 0.1) is 29.0 Å². The number of nitrogens with one attached hydrogen (secondary N) is 2. The predicted octanol–water partition coefficient (Wildman–Crippen LogP) is 3.59. The lowest BCUT2D eigenvalue weighted by Crippen LogP contribution is -2.43. The molecule has 10 nitrogen and oxygen atoms in total. The second-order valence-electron chi connectivity index (χ2n) is 11.1. The Kier molecular flexibility index (Phi) is 5.28. The van der Waals surface area contributed by atoms with Crippen LogP contribution in [0.5, 0.6) is 5.75 Å². The molecule has 0 saturated carbocycles. The molecule has 0 unspecified atom stereocenters.